The lowest BCUT2D eigenvalue weighted by Gasteiger charge is -2.41. The summed E-state index contributed by atoms with van der Waals surface area (Å²) in [7, 11) is 2.23. The van der Waals surface area contributed by atoms with E-state index in [1.165, 1.54) is 80.2 Å². The Morgan fingerprint density at radius 3 is 1.90 bits per heavy atom. The highest BCUT2D eigenvalue weighted by Crippen LogP contribution is 2.46. The third-order valence-electron chi connectivity index (χ3n) is 8.69. The van der Waals surface area contributed by atoms with E-state index in [0.717, 1.165) is 0 Å². The molecule has 2 aliphatic carbocycles. The van der Waals surface area contributed by atoms with Crippen LogP contribution >= 0.6 is 0 Å². The molecule has 4 rings (SSSR count). The fraction of sp³-hybridized carbons (Fsp3) is 0.621. The van der Waals surface area contributed by atoms with Crippen LogP contribution in [0.5, 0.6) is 0 Å². The summed E-state index contributed by atoms with van der Waals surface area (Å²) in [5, 5.41) is 0. The van der Waals surface area contributed by atoms with Gasteiger partial charge < -0.3 is 0 Å². The Morgan fingerprint density at radius 2 is 1.30 bits per heavy atom. The van der Waals surface area contributed by atoms with Crippen molar-refractivity contribution < 1.29 is 4.57 Å². The summed E-state index contributed by atoms with van der Waals surface area (Å²) in [5.41, 5.74) is 8.37. The fourth-order valence-electron chi connectivity index (χ4n) is 5.96. The minimum Gasteiger partial charge on any atom is -0.201 e. The first kappa shape index (κ1) is 21.6. The predicted octanol–water partition coefficient (Wildman–Crippen LogP) is 7.57. The smallest absolute Gasteiger partial charge is 0.201 e. The second kappa shape index (κ2) is 7.81. The molecule has 0 unspecified atom stereocenters. The van der Waals surface area contributed by atoms with E-state index in [-0.39, 0.29) is 0 Å². The van der Waals surface area contributed by atoms with Crippen LogP contribution in [0.25, 0.3) is 11.3 Å². The average molecular weight is 405 g/mol. The average Bonchev–Trinajstić information content (AvgIpc) is 2.71. The molecule has 2 aromatic rings. The molecule has 2 saturated carbocycles. The number of rotatable bonds is 3. The first-order valence-electron chi connectivity index (χ1n) is 12.2. The molecule has 2 aliphatic rings. The largest absolute Gasteiger partial charge is 0.212 e. The normalized spacial score (nSPS) is 22.6. The Labute approximate surface area is 184 Å². The van der Waals surface area contributed by atoms with Crippen molar-refractivity contribution in [1.82, 2.24) is 0 Å². The van der Waals surface area contributed by atoms with Crippen LogP contribution < -0.4 is 4.57 Å². The van der Waals surface area contributed by atoms with Gasteiger partial charge in [0.15, 0.2) is 6.20 Å². The van der Waals surface area contributed by atoms with Crippen LogP contribution in [0.1, 0.15) is 102 Å². The summed E-state index contributed by atoms with van der Waals surface area (Å²) >= 11 is 0. The zero-order valence-corrected chi connectivity index (χ0v) is 20.3. The first-order chi connectivity index (χ1) is 14.1. The van der Waals surface area contributed by atoms with E-state index in [1.807, 2.05) is 0 Å². The third kappa shape index (κ3) is 4.10. The Bertz CT molecular complexity index is 904. The van der Waals surface area contributed by atoms with Gasteiger partial charge in [0.25, 0.3) is 0 Å². The van der Waals surface area contributed by atoms with Gasteiger partial charge >= 0.3 is 0 Å². The lowest BCUT2D eigenvalue weighted by molar-refractivity contribution is -0.661. The molecule has 30 heavy (non-hydrogen) atoms. The van der Waals surface area contributed by atoms with Crippen LogP contribution in [-0.2, 0) is 17.9 Å². The number of aryl methyl sites for hydroxylation is 2. The molecule has 0 atom stereocenters. The van der Waals surface area contributed by atoms with Crippen molar-refractivity contribution in [3.63, 3.8) is 0 Å². The van der Waals surface area contributed by atoms with E-state index < -0.39 is 0 Å². The van der Waals surface area contributed by atoms with E-state index in [1.54, 1.807) is 5.56 Å². The summed E-state index contributed by atoms with van der Waals surface area (Å²) in [6.07, 6.45) is 14.5. The van der Waals surface area contributed by atoms with E-state index in [2.05, 4.69) is 82.8 Å². The summed E-state index contributed by atoms with van der Waals surface area (Å²) < 4.78 is 2.37. The van der Waals surface area contributed by atoms with Gasteiger partial charge in [-0.05, 0) is 85.0 Å². The molecule has 1 aromatic carbocycles. The number of aromatic nitrogens is 1. The number of hydrogen-bond acceptors (Lipinski definition) is 0. The van der Waals surface area contributed by atoms with Gasteiger partial charge in [-0.3, -0.25) is 0 Å². The van der Waals surface area contributed by atoms with Crippen molar-refractivity contribution in [3.8, 4) is 11.3 Å². The van der Waals surface area contributed by atoms with Crippen molar-refractivity contribution in [2.75, 3.05) is 0 Å². The third-order valence-corrected chi connectivity index (χ3v) is 8.69. The summed E-state index contributed by atoms with van der Waals surface area (Å²) in [5.74, 6) is 0. The van der Waals surface area contributed by atoms with Crippen molar-refractivity contribution >= 4 is 0 Å². The van der Waals surface area contributed by atoms with Crippen LogP contribution in [-0.4, -0.2) is 0 Å². The molecule has 1 heterocycles. The second-order valence-electron chi connectivity index (χ2n) is 11.8. The van der Waals surface area contributed by atoms with Gasteiger partial charge in [-0.2, -0.15) is 0 Å². The molecule has 1 aromatic heterocycles. The van der Waals surface area contributed by atoms with E-state index in [0.29, 0.717) is 16.2 Å². The Hall–Kier alpha value is -1.63. The van der Waals surface area contributed by atoms with Gasteiger partial charge in [0.05, 0.1) is 0 Å². The van der Waals surface area contributed by atoms with Crippen molar-refractivity contribution in [1.29, 1.82) is 0 Å². The molecular weight excluding hydrogens is 362 g/mol. The molecule has 0 saturated heterocycles. The van der Waals surface area contributed by atoms with Crippen LogP contribution in [0, 0.1) is 12.3 Å². The predicted molar refractivity (Wildman–Crippen MR) is 128 cm³/mol. The van der Waals surface area contributed by atoms with Crippen LogP contribution in [0.2, 0.25) is 0 Å². The van der Waals surface area contributed by atoms with Gasteiger partial charge in [-0.1, -0.05) is 59.1 Å². The maximum Gasteiger partial charge on any atom is 0.212 e. The summed E-state index contributed by atoms with van der Waals surface area (Å²) in [6.45, 7) is 12.1. The van der Waals surface area contributed by atoms with Crippen molar-refractivity contribution in [2.24, 2.45) is 12.5 Å². The van der Waals surface area contributed by atoms with Gasteiger partial charge in [0.2, 0.25) is 5.69 Å². The highest BCUT2D eigenvalue weighted by atomic mass is 14.9. The maximum atomic E-state index is 2.47. The minimum atomic E-state index is 0.320. The monoisotopic (exact) mass is 404 g/mol. The quantitative estimate of drug-likeness (QED) is 0.464. The Kier molecular flexibility index (Phi) is 5.62. The first-order valence-corrected chi connectivity index (χ1v) is 12.2. The van der Waals surface area contributed by atoms with E-state index >= 15 is 0 Å². The zero-order valence-electron chi connectivity index (χ0n) is 20.3. The van der Waals surface area contributed by atoms with Crippen molar-refractivity contribution in [2.45, 2.75) is 103 Å². The van der Waals surface area contributed by atoms with E-state index in [4.69, 9.17) is 0 Å². The lowest BCUT2D eigenvalue weighted by Crippen LogP contribution is -2.37. The highest BCUT2D eigenvalue weighted by Gasteiger charge is 2.37. The van der Waals surface area contributed by atoms with Crippen LogP contribution in [0.15, 0.2) is 36.5 Å². The number of hydrogen-bond donors (Lipinski definition) is 0. The van der Waals surface area contributed by atoms with Crippen LogP contribution in [0.3, 0.4) is 0 Å². The summed E-state index contributed by atoms with van der Waals surface area (Å²) in [6, 6.07) is 12.0. The summed E-state index contributed by atoms with van der Waals surface area (Å²) in [4.78, 5) is 0. The second-order valence-corrected chi connectivity index (χ2v) is 11.8. The lowest BCUT2D eigenvalue weighted by atomic mass is 9.63. The fourth-order valence-corrected chi connectivity index (χ4v) is 5.96. The van der Waals surface area contributed by atoms with Gasteiger partial charge in [-0.15, -0.1) is 0 Å². The zero-order chi connectivity index (χ0) is 21.6. The minimum absolute atomic E-state index is 0.320. The number of pyridine rings is 1. The molecule has 0 spiro atoms. The number of benzene rings is 1. The van der Waals surface area contributed by atoms with E-state index in [9.17, 15) is 0 Å². The van der Waals surface area contributed by atoms with Crippen molar-refractivity contribution in [3.05, 3.63) is 53.2 Å². The molecule has 2 fully saturated rings. The molecule has 162 valence electrons. The molecule has 0 radical (unpaired) electrons. The standard InChI is InChI=1S/C29H42N/c1-22-20-23(28(4)14-8-7-9-15-28)10-12-25(22)26-13-11-24(21-30(26)6)29(5)18-16-27(2,3)17-19-29/h10-13,20-21H,7-9,14-19H2,1-6H3/q+1. The molecule has 0 amide bonds. The maximum absolute atomic E-state index is 2.47. The molecular formula is C29H42N+. The SMILES string of the molecule is Cc1cc(C2(C)CCCCC2)ccc1-c1ccc(C2(C)CCC(C)(C)CC2)c[n+]1C. The van der Waals surface area contributed by atoms with Gasteiger partial charge in [0.1, 0.15) is 7.05 Å². The Morgan fingerprint density at radius 1 is 0.700 bits per heavy atom. The molecule has 0 aliphatic heterocycles. The van der Waals surface area contributed by atoms with Gasteiger partial charge in [0, 0.05) is 17.2 Å². The molecule has 0 bridgehead atoms. The number of nitrogens with zero attached hydrogens (tertiary/aromatic N) is 1. The highest BCUT2D eigenvalue weighted by molar-refractivity contribution is 5.62. The molecule has 1 heteroatoms. The molecule has 0 N–H and O–H groups in total. The topological polar surface area (TPSA) is 3.88 Å². The molecule has 1 nitrogen and oxygen atoms in total. The van der Waals surface area contributed by atoms with Gasteiger partial charge in [-0.25, -0.2) is 4.57 Å². The van der Waals surface area contributed by atoms with Crippen LogP contribution in [0.4, 0.5) is 0 Å². The Balaban J connectivity index is 1.61.